The van der Waals surface area contributed by atoms with Crippen molar-refractivity contribution in [2.75, 3.05) is 0 Å². The zero-order valence-corrected chi connectivity index (χ0v) is 12.4. The highest BCUT2D eigenvalue weighted by Gasteiger charge is 2.07. The van der Waals surface area contributed by atoms with Crippen LogP contribution < -0.4 is 0 Å². The van der Waals surface area contributed by atoms with Crippen molar-refractivity contribution in [2.24, 2.45) is 0 Å². The van der Waals surface area contributed by atoms with E-state index >= 15 is 0 Å². The molecule has 0 bridgehead atoms. The van der Waals surface area contributed by atoms with E-state index in [0.717, 1.165) is 34.4 Å². The summed E-state index contributed by atoms with van der Waals surface area (Å²) in [6, 6.07) is 13.9. The molecule has 5 heteroatoms. The van der Waals surface area contributed by atoms with Gasteiger partial charge in [0.1, 0.15) is 5.69 Å². The van der Waals surface area contributed by atoms with E-state index in [4.69, 9.17) is 0 Å². The SMILES string of the molecule is Brc1ccccc1-c1cn(CCc2ccccn2)nn1. The van der Waals surface area contributed by atoms with Crippen LogP contribution in [0.4, 0.5) is 0 Å². The third-order valence-corrected chi connectivity index (χ3v) is 3.70. The first-order valence-corrected chi connectivity index (χ1v) is 7.17. The molecule has 1 aromatic carbocycles. The van der Waals surface area contributed by atoms with E-state index in [2.05, 4.69) is 31.2 Å². The molecule has 3 aromatic rings. The summed E-state index contributed by atoms with van der Waals surface area (Å²) in [5, 5.41) is 8.39. The minimum Gasteiger partial charge on any atom is -0.261 e. The Labute approximate surface area is 125 Å². The van der Waals surface area contributed by atoms with Crippen LogP contribution in [0, 0.1) is 0 Å². The topological polar surface area (TPSA) is 43.6 Å². The molecule has 0 radical (unpaired) electrons. The van der Waals surface area contributed by atoms with Crippen molar-refractivity contribution >= 4 is 15.9 Å². The van der Waals surface area contributed by atoms with Gasteiger partial charge in [-0.1, -0.05) is 45.4 Å². The van der Waals surface area contributed by atoms with E-state index in [-0.39, 0.29) is 0 Å². The van der Waals surface area contributed by atoms with Crippen LogP contribution in [0.25, 0.3) is 11.3 Å². The van der Waals surface area contributed by atoms with Crippen LogP contribution in [0.5, 0.6) is 0 Å². The third kappa shape index (κ3) is 2.93. The van der Waals surface area contributed by atoms with Crippen molar-refractivity contribution in [1.29, 1.82) is 0 Å². The van der Waals surface area contributed by atoms with Gasteiger partial charge in [0.05, 0.1) is 6.20 Å². The number of aromatic nitrogens is 4. The first kappa shape index (κ1) is 13.0. The Balaban J connectivity index is 1.73. The number of pyridine rings is 1. The first-order valence-electron chi connectivity index (χ1n) is 6.38. The molecular weight excluding hydrogens is 316 g/mol. The molecule has 0 aliphatic heterocycles. The summed E-state index contributed by atoms with van der Waals surface area (Å²) in [5.41, 5.74) is 2.99. The maximum atomic E-state index is 4.30. The van der Waals surface area contributed by atoms with Crippen molar-refractivity contribution in [3.63, 3.8) is 0 Å². The smallest absolute Gasteiger partial charge is 0.114 e. The first-order chi connectivity index (χ1) is 9.83. The molecule has 0 atom stereocenters. The molecule has 3 rings (SSSR count). The predicted molar refractivity (Wildman–Crippen MR) is 81.1 cm³/mol. The Morgan fingerprint density at radius 3 is 2.70 bits per heavy atom. The Kier molecular flexibility index (Phi) is 3.87. The lowest BCUT2D eigenvalue weighted by Gasteiger charge is -2.00. The molecule has 100 valence electrons. The van der Waals surface area contributed by atoms with E-state index in [1.165, 1.54) is 0 Å². The van der Waals surface area contributed by atoms with Gasteiger partial charge in [-0.15, -0.1) is 5.10 Å². The second-order valence-corrected chi connectivity index (χ2v) is 5.27. The number of nitrogens with zero attached hydrogens (tertiary/aromatic N) is 4. The summed E-state index contributed by atoms with van der Waals surface area (Å²) in [7, 11) is 0. The Morgan fingerprint density at radius 2 is 1.90 bits per heavy atom. The number of rotatable bonds is 4. The highest BCUT2D eigenvalue weighted by atomic mass is 79.9. The molecule has 0 aliphatic carbocycles. The highest BCUT2D eigenvalue weighted by molar-refractivity contribution is 9.10. The van der Waals surface area contributed by atoms with Gasteiger partial charge < -0.3 is 0 Å². The highest BCUT2D eigenvalue weighted by Crippen LogP contribution is 2.25. The van der Waals surface area contributed by atoms with E-state index in [1.807, 2.05) is 59.5 Å². The lowest BCUT2D eigenvalue weighted by molar-refractivity contribution is 0.584. The number of hydrogen-bond donors (Lipinski definition) is 0. The molecule has 0 N–H and O–H groups in total. The van der Waals surface area contributed by atoms with Crippen LogP contribution in [0.1, 0.15) is 5.69 Å². The molecule has 0 spiro atoms. The van der Waals surface area contributed by atoms with Crippen molar-refractivity contribution in [3.05, 3.63) is 65.0 Å². The van der Waals surface area contributed by atoms with Gasteiger partial charge in [0.25, 0.3) is 0 Å². The summed E-state index contributed by atoms with van der Waals surface area (Å²) in [4.78, 5) is 4.30. The fraction of sp³-hybridized carbons (Fsp3) is 0.133. The lowest BCUT2D eigenvalue weighted by Crippen LogP contribution is -2.03. The van der Waals surface area contributed by atoms with Crippen LogP contribution in [-0.2, 0) is 13.0 Å². The Bertz CT molecular complexity index is 694. The molecule has 0 unspecified atom stereocenters. The van der Waals surface area contributed by atoms with Crippen molar-refractivity contribution in [2.45, 2.75) is 13.0 Å². The van der Waals surface area contributed by atoms with E-state index in [9.17, 15) is 0 Å². The van der Waals surface area contributed by atoms with Gasteiger partial charge in [0, 0.05) is 34.9 Å². The average Bonchev–Trinajstić information content (AvgIpc) is 2.95. The fourth-order valence-corrected chi connectivity index (χ4v) is 2.46. The molecule has 2 aromatic heterocycles. The minimum atomic E-state index is 0.772. The average molecular weight is 329 g/mol. The largest absolute Gasteiger partial charge is 0.261 e. The quantitative estimate of drug-likeness (QED) is 0.737. The van der Waals surface area contributed by atoms with Gasteiger partial charge in [-0.3, -0.25) is 9.67 Å². The number of hydrogen-bond acceptors (Lipinski definition) is 3. The molecular formula is C15H13BrN4. The number of halogens is 1. The van der Waals surface area contributed by atoms with E-state index in [1.54, 1.807) is 0 Å². The van der Waals surface area contributed by atoms with Crippen molar-refractivity contribution in [1.82, 2.24) is 20.0 Å². The maximum Gasteiger partial charge on any atom is 0.114 e. The van der Waals surface area contributed by atoms with Gasteiger partial charge in [-0.05, 0) is 18.2 Å². The molecule has 0 fully saturated rings. The summed E-state index contributed by atoms with van der Waals surface area (Å²) in [5.74, 6) is 0. The summed E-state index contributed by atoms with van der Waals surface area (Å²) in [6.45, 7) is 0.772. The molecule has 4 nitrogen and oxygen atoms in total. The van der Waals surface area contributed by atoms with Gasteiger partial charge in [0.15, 0.2) is 0 Å². The fourth-order valence-electron chi connectivity index (χ4n) is 1.98. The summed E-state index contributed by atoms with van der Waals surface area (Å²) < 4.78 is 2.88. The van der Waals surface area contributed by atoms with Crippen LogP contribution >= 0.6 is 15.9 Å². The van der Waals surface area contributed by atoms with Crippen molar-refractivity contribution in [3.8, 4) is 11.3 Å². The Morgan fingerprint density at radius 1 is 1.05 bits per heavy atom. The third-order valence-electron chi connectivity index (χ3n) is 3.01. The number of aryl methyl sites for hydroxylation is 2. The van der Waals surface area contributed by atoms with Gasteiger partial charge in [-0.25, -0.2) is 0 Å². The van der Waals surface area contributed by atoms with Gasteiger partial charge in [-0.2, -0.15) is 0 Å². The second-order valence-electron chi connectivity index (χ2n) is 4.42. The van der Waals surface area contributed by atoms with Crippen LogP contribution in [-0.4, -0.2) is 20.0 Å². The van der Waals surface area contributed by atoms with E-state index in [0.29, 0.717) is 0 Å². The standard InChI is InChI=1S/C15H13BrN4/c16-14-7-2-1-6-13(14)15-11-20(19-18-15)10-8-12-5-3-4-9-17-12/h1-7,9,11H,8,10H2. The predicted octanol–water partition coefficient (Wildman–Crippen LogP) is 3.35. The lowest BCUT2D eigenvalue weighted by atomic mass is 10.2. The normalized spacial score (nSPS) is 10.7. The van der Waals surface area contributed by atoms with Gasteiger partial charge >= 0.3 is 0 Å². The molecule has 0 amide bonds. The van der Waals surface area contributed by atoms with Crippen LogP contribution in [0.15, 0.2) is 59.3 Å². The second kappa shape index (κ2) is 5.96. The maximum absolute atomic E-state index is 4.30. The summed E-state index contributed by atoms with van der Waals surface area (Å²) in [6.07, 6.45) is 4.62. The summed E-state index contributed by atoms with van der Waals surface area (Å²) >= 11 is 3.53. The van der Waals surface area contributed by atoms with Crippen molar-refractivity contribution < 1.29 is 0 Å². The zero-order valence-electron chi connectivity index (χ0n) is 10.8. The molecule has 0 saturated heterocycles. The molecule has 2 heterocycles. The van der Waals surface area contributed by atoms with Crippen LogP contribution in [0.2, 0.25) is 0 Å². The minimum absolute atomic E-state index is 0.772. The van der Waals surface area contributed by atoms with E-state index < -0.39 is 0 Å². The van der Waals surface area contributed by atoms with Crippen LogP contribution in [0.3, 0.4) is 0 Å². The molecule has 0 aliphatic rings. The molecule has 20 heavy (non-hydrogen) atoms. The zero-order chi connectivity index (χ0) is 13.8. The molecule has 0 saturated carbocycles. The monoisotopic (exact) mass is 328 g/mol. The Hall–Kier alpha value is -2.01. The number of benzene rings is 1. The van der Waals surface area contributed by atoms with Gasteiger partial charge in [0.2, 0.25) is 0 Å².